The predicted octanol–water partition coefficient (Wildman–Crippen LogP) is 0.984. The summed E-state index contributed by atoms with van der Waals surface area (Å²) in [4.78, 5) is 22.7. The molecule has 1 fully saturated rings. The van der Waals surface area contributed by atoms with Gasteiger partial charge in [-0.25, -0.2) is 0 Å². The van der Waals surface area contributed by atoms with E-state index < -0.39 is 0 Å². The third-order valence-electron chi connectivity index (χ3n) is 2.41. The van der Waals surface area contributed by atoms with E-state index >= 15 is 0 Å². The maximum absolute atomic E-state index is 11.4. The van der Waals surface area contributed by atoms with Gasteiger partial charge in [0.15, 0.2) is 0 Å². The highest BCUT2D eigenvalue weighted by Gasteiger charge is 2.47. The monoisotopic (exact) mass is 183 g/mol. The van der Waals surface area contributed by atoms with E-state index in [1.807, 2.05) is 20.8 Å². The van der Waals surface area contributed by atoms with Crippen LogP contribution in [-0.4, -0.2) is 18.2 Å². The Morgan fingerprint density at radius 1 is 1.38 bits per heavy atom. The van der Waals surface area contributed by atoms with Gasteiger partial charge in [-0.3, -0.25) is 9.59 Å². The molecule has 0 radical (unpaired) electrons. The van der Waals surface area contributed by atoms with E-state index in [1.54, 1.807) is 0 Å². The second-order valence-corrected chi connectivity index (χ2v) is 3.90. The Morgan fingerprint density at radius 3 is 2.46 bits per heavy atom. The highest BCUT2D eigenvalue weighted by molar-refractivity contribution is 5.94. The van der Waals surface area contributed by atoms with Crippen molar-refractivity contribution in [3.8, 4) is 0 Å². The van der Waals surface area contributed by atoms with Crippen LogP contribution in [0.4, 0.5) is 0 Å². The highest BCUT2D eigenvalue weighted by atomic mass is 16.2. The van der Waals surface area contributed by atoms with Crippen LogP contribution in [0.1, 0.15) is 27.2 Å². The van der Waals surface area contributed by atoms with Gasteiger partial charge in [-0.2, -0.15) is 0 Å². The normalized spacial score (nSPS) is 25.8. The molecule has 3 heteroatoms. The van der Waals surface area contributed by atoms with Crippen LogP contribution >= 0.6 is 0 Å². The summed E-state index contributed by atoms with van der Waals surface area (Å²) in [6, 6.07) is 0. The summed E-state index contributed by atoms with van der Waals surface area (Å²) < 4.78 is 0. The third kappa shape index (κ3) is 2.29. The smallest absolute Gasteiger partial charge is 0.223 e. The van der Waals surface area contributed by atoms with Crippen molar-refractivity contribution in [3.63, 3.8) is 0 Å². The Kier molecular flexibility index (Phi) is 3.07. The van der Waals surface area contributed by atoms with E-state index in [1.165, 1.54) is 0 Å². The van der Waals surface area contributed by atoms with Crippen molar-refractivity contribution in [3.05, 3.63) is 0 Å². The fourth-order valence-corrected chi connectivity index (χ4v) is 1.53. The summed E-state index contributed by atoms with van der Waals surface area (Å²) in [6.45, 7) is 6.31. The lowest BCUT2D eigenvalue weighted by atomic mass is 10.0. The Morgan fingerprint density at radius 2 is 2.00 bits per heavy atom. The van der Waals surface area contributed by atoms with Crippen molar-refractivity contribution in [2.24, 2.45) is 17.8 Å². The molecule has 0 bridgehead atoms. The lowest BCUT2D eigenvalue weighted by Gasteiger charge is -2.03. The Labute approximate surface area is 78.9 Å². The average molecular weight is 183 g/mol. The Balaban J connectivity index is 2.37. The molecule has 0 aromatic carbocycles. The Hall–Kier alpha value is -0.860. The van der Waals surface area contributed by atoms with Crippen molar-refractivity contribution in [2.45, 2.75) is 27.2 Å². The summed E-state index contributed by atoms with van der Waals surface area (Å²) >= 11 is 0. The minimum Gasteiger partial charge on any atom is -0.356 e. The molecule has 1 N–H and O–H groups in total. The number of ketones is 1. The molecule has 1 aliphatic rings. The summed E-state index contributed by atoms with van der Waals surface area (Å²) in [5.41, 5.74) is 0. The standard InChI is InChI=1S/C10H17NO2/c1-4-11-10(13)8-5-7(8)9(12)6(2)3/h6-8H,4-5H2,1-3H3,(H,11,13)/t7-,8-/m0/s1. The van der Waals surface area contributed by atoms with Crippen molar-refractivity contribution in [1.82, 2.24) is 5.32 Å². The molecular weight excluding hydrogens is 166 g/mol. The molecule has 0 heterocycles. The number of amides is 1. The molecule has 0 aromatic heterocycles. The fraction of sp³-hybridized carbons (Fsp3) is 0.800. The van der Waals surface area contributed by atoms with Gasteiger partial charge < -0.3 is 5.32 Å². The summed E-state index contributed by atoms with van der Waals surface area (Å²) in [7, 11) is 0. The molecule has 0 spiro atoms. The van der Waals surface area contributed by atoms with Crippen LogP contribution in [0.15, 0.2) is 0 Å². The van der Waals surface area contributed by atoms with E-state index in [0.717, 1.165) is 6.42 Å². The molecule has 0 aromatic rings. The van der Waals surface area contributed by atoms with Gasteiger partial charge in [0.25, 0.3) is 0 Å². The largest absolute Gasteiger partial charge is 0.356 e. The number of carbonyl (C=O) groups is 2. The zero-order valence-electron chi connectivity index (χ0n) is 8.46. The number of hydrogen-bond donors (Lipinski definition) is 1. The van der Waals surface area contributed by atoms with E-state index in [4.69, 9.17) is 0 Å². The number of nitrogens with one attached hydrogen (secondary N) is 1. The molecule has 13 heavy (non-hydrogen) atoms. The first-order valence-corrected chi connectivity index (χ1v) is 4.89. The van der Waals surface area contributed by atoms with Gasteiger partial charge in [0.2, 0.25) is 5.91 Å². The molecule has 1 amide bonds. The third-order valence-corrected chi connectivity index (χ3v) is 2.41. The summed E-state index contributed by atoms with van der Waals surface area (Å²) in [6.07, 6.45) is 0.753. The van der Waals surface area contributed by atoms with Gasteiger partial charge in [-0.1, -0.05) is 13.8 Å². The van der Waals surface area contributed by atoms with Crippen molar-refractivity contribution in [2.75, 3.05) is 6.54 Å². The second-order valence-electron chi connectivity index (χ2n) is 3.90. The SMILES string of the molecule is CCNC(=O)[C@H]1C[C@@H]1C(=O)C(C)C. The fourth-order valence-electron chi connectivity index (χ4n) is 1.53. The maximum Gasteiger partial charge on any atom is 0.223 e. The van der Waals surface area contributed by atoms with Gasteiger partial charge in [0.05, 0.1) is 0 Å². The first-order chi connectivity index (χ1) is 6.07. The number of Topliss-reactive ketones (excluding diaryl/α,β-unsaturated/α-hetero) is 1. The molecule has 0 unspecified atom stereocenters. The molecular formula is C10H17NO2. The maximum atomic E-state index is 11.4. The summed E-state index contributed by atoms with van der Waals surface area (Å²) in [5, 5.41) is 2.74. The van der Waals surface area contributed by atoms with Crippen LogP contribution in [0, 0.1) is 17.8 Å². The molecule has 2 atom stereocenters. The van der Waals surface area contributed by atoms with Gasteiger partial charge >= 0.3 is 0 Å². The minimum atomic E-state index is -0.0325. The van der Waals surface area contributed by atoms with Gasteiger partial charge in [-0.15, -0.1) is 0 Å². The van der Waals surface area contributed by atoms with Crippen LogP contribution < -0.4 is 5.32 Å². The lowest BCUT2D eigenvalue weighted by molar-refractivity contribution is -0.127. The van der Waals surface area contributed by atoms with Crippen molar-refractivity contribution >= 4 is 11.7 Å². The van der Waals surface area contributed by atoms with Gasteiger partial charge in [-0.05, 0) is 13.3 Å². The number of hydrogen-bond acceptors (Lipinski definition) is 2. The van der Waals surface area contributed by atoms with Crippen molar-refractivity contribution in [1.29, 1.82) is 0 Å². The number of carbonyl (C=O) groups excluding carboxylic acids is 2. The van der Waals surface area contributed by atoms with Crippen LogP contribution in [-0.2, 0) is 9.59 Å². The molecule has 0 aliphatic heterocycles. The topological polar surface area (TPSA) is 46.2 Å². The van der Waals surface area contributed by atoms with E-state index in [0.29, 0.717) is 6.54 Å². The van der Waals surface area contributed by atoms with Crippen molar-refractivity contribution < 1.29 is 9.59 Å². The van der Waals surface area contributed by atoms with Crippen LogP contribution in [0.25, 0.3) is 0 Å². The van der Waals surface area contributed by atoms with E-state index in [-0.39, 0.29) is 29.4 Å². The molecule has 1 rings (SSSR count). The first-order valence-electron chi connectivity index (χ1n) is 4.89. The van der Waals surface area contributed by atoms with E-state index in [9.17, 15) is 9.59 Å². The first kappa shape index (κ1) is 10.2. The Bertz CT molecular complexity index is 223. The second kappa shape index (κ2) is 3.90. The van der Waals surface area contributed by atoms with Gasteiger partial charge in [0.1, 0.15) is 5.78 Å². The molecule has 1 aliphatic carbocycles. The molecule has 3 nitrogen and oxygen atoms in total. The van der Waals surface area contributed by atoms with Crippen LogP contribution in [0.5, 0.6) is 0 Å². The molecule has 0 saturated heterocycles. The summed E-state index contributed by atoms with van der Waals surface area (Å²) in [5.74, 6) is 0.309. The molecule has 1 saturated carbocycles. The van der Waals surface area contributed by atoms with Gasteiger partial charge in [0, 0.05) is 24.3 Å². The zero-order chi connectivity index (χ0) is 10.0. The molecule has 74 valence electrons. The highest BCUT2D eigenvalue weighted by Crippen LogP contribution is 2.40. The lowest BCUT2D eigenvalue weighted by Crippen LogP contribution is -2.26. The average Bonchev–Trinajstić information content (AvgIpc) is 2.82. The van der Waals surface area contributed by atoms with Crippen LogP contribution in [0.2, 0.25) is 0 Å². The minimum absolute atomic E-state index is 0.00606. The number of rotatable bonds is 4. The quantitative estimate of drug-likeness (QED) is 0.706. The zero-order valence-corrected chi connectivity index (χ0v) is 8.46. The predicted molar refractivity (Wildman–Crippen MR) is 50.1 cm³/mol. The van der Waals surface area contributed by atoms with E-state index in [2.05, 4.69) is 5.32 Å². The van der Waals surface area contributed by atoms with Crippen LogP contribution in [0.3, 0.4) is 0 Å².